The molecule has 0 amide bonds. The molecule has 0 aliphatic rings. The molecule has 0 heterocycles. The smallest absolute Gasteiger partial charge is 0.462 e. The molecule has 0 bridgehead atoms. The van der Waals surface area contributed by atoms with Gasteiger partial charge in [-0.15, -0.1) is 0 Å². The second-order valence-corrected chi connectivity index (χ2v) is 31.5. The number of carbonyl (C=O) groups excluding carboxylic acids is 4. The van der Waals surface area contributed by atoms with Crippen molar-refractivity contribution in [3.05, 3.63) is 0 Å². The normalized spacial score (nSPS) is 14.2. The van der Waals surface area contributed by atoms with E-state index < -0.39 is 97.5 Å². The van der Waals surface area contributed by atoms with Crippen molar-refractivity contribution in [2.45, 2.75) is 388 Å². The van der Waals surface area contributed by atoms with Crippen molar-refractivity contribution in [1.29, 1.82) is 0 Å². The van der Waals surface area contributed by atoms with E-state index >= 15 is 0 Å². The molecule has 0 rings (SSSR count). The maximum Gasteiger partial charge on any atom is 0.472 e. The first-order chi connectivity index (χ1) is 44.6. The molecule has 552 valence electrons. The molecule has 0 radical (unpaired) electrons. The molecule has 93 heavy (non-hydrogen) atoms. The van der Waals surface area contributed by atoms with E-state index in [0.717, 1.165) is 114 Å². The van der Waals surface area contributed by atoms with Crippen LogP contribution in [0, 0.1) is 23.7 Å². The summed E-state index contributed by atoms with van der Waals surface area (Å²) in [4.78, 5) is 72.7. The van der Waals surface area contributed by atoms with Crippen LogP contribution in [0.3, 0.4) is 0 Å². The van der Waals surface area contributed by atoms with Gasteiger partial charge in [0, 0.05) is 25.7 Å². The van der Waals surface area contributed by atoms with Crippen LogP contribution in [0.15, 0.2) is 0 Å². The summed E-state index contributed by atoms with van der Waals surface area (Å²) in [7, 11) is -9.91. The van der Waals surface area contributed by atoms with Gasteiger partial charge in [0.1, 0.15) is 19.3 Å². The van der Waals surface area contributed by atoms with Gasteiger partial charge in [-0.3, -0.25) is 37.3 Å². The first-order valence-electron chi connectivity index (χ1n) is 38.2. The topological polar surface area (TPSA) is 237 Å². The van der Waals surface area contributed by atoms with E-state index in [9.17, 15) is 43.2 Å². The standard InChI is InChI=1S/C74H144O17P2/c1-64(2)50-42-34-26-20-15-13-11-9-10-12-14-16-23-30-40-48-56-73(78)91-70(61-85-72(77)55-47-39-33-32-37-45-53-67(7)8)63-89-93(82,83)87-59-68(75)58-86-92(80,81)88-62-69(60-84-71(76)54-46-38-29-25-19-22-28-36-44-52-66(5)6)90-74(79)57-49-41-31-24-18-17-21-27-35-43-51-65(3)4/h64-70,75H,9-63H2,1-8H3,(H,80,81)(H,82,83)/t68?,69-,70-/m1/s1. The first-order valence-corrected chi connectivity index (χ1v) is 41.2. The van der Waals surface area contributed by atoms with E-state index in [1.807, 2.05) is 0 Å². The number of hydrogen-bond acceptors (Lipinski definition) is 15. The molecule has 0 aliphatic heterocycles. The summed E-state index contributed by atoms with van der Waals surface area (Å²) in [6.07, 6.45) is 47.4. The van der Waals surface area contributed by atoms with Crippen molar-refractivity contribution in [3.63, 3.8) is 0 Å². The van der Waals surface area contributed by atoms with Crippen LogP contribution in [0.1, 0.15) is 370 Å². The largest absolute Gasteiger partial charge is 0.472 e. The molecule has 3 N–H and O–H groups in total. The van der Waals surface area contributed by atoms with Gasteiger partial charge in [-0.25, -0.2) is 9.13 Å². The SMILES string of the molecule is CC(C)CCCCCCCCCCCCCCCCCCC(=O)O[C@H](COC(=O)CCCCCCCCC(C)C)COP(=O)(O)OCC(O)COP(=O)(O)OC[C@@H](COC(=O)CCCCCCCCCCCC(C)C)OC(=O)CCCCCCCCCCCCC(C)C. The third-order valence-electron chi connectivity index (χ3n) is 17.1. The zero-order valence-electron chi connectivity index (χ0n) is 60.9. The third kappa shape index (κ3) is 68.4. The number of esters is 4. The molecule has 0 saturated heterocycles. The number of hydrogen-bond donors (Lipinski definition) is 3. The van der Waals surface area contributed by atoms with Crippen LogP contribution in [-0.2, 0) is 65.4 Å². The maximum absolute atomic E-state index is 13.0. The molecule has 0 aromatic rings. The summed E-state index contributed by atoms with van der Waals surface area (Å²) in [5.74, 6) is 0.858. The van der Waals surface area contributed by atoms with Crippen molar-refractivity contribution in [2.24, 2.45) is 23.7 Å². The molecule has 17 nitrogen and oxygen atoms in total. The van der Waals surface area contributed by atoms with Gasteiger partial charge in [-0.2, -0.15) is 0 Å². The van der Waals surface area contributed by atoms with Crippen molar-refractivity contribution >= 4 is 39.5 Å². The van der Waals surface area contributed by atoms with Crippen LogP contribution in [0.5, 0.6) is 0 Å². The van der Waals surface area contributed by atoms with Crippen LogP contribution in [-0.4, -0.2) is 96.7 Å². The van der Waals surface area contributed by atoms with Crippen LogP contribution in [0.2, 0.25) is 0 Å². The Bertz CT molecular complexity index is 1830. The lowest BCUT2D eigenvalue weighted by Crippen LogP contribution is -2.30. The van der Waals surface area contributed by atoms with Gasteiger partial charge in [-0.05, 0) is 49.4 Å². The van der Waals surface area contributed by atoms with Crippen LogP contribution in [0.4, 0.5) is 0 Å². The lowest BCUT2D eigenvalue weighted by atomic mass is 10.0. The highest BCUT2D eigenvalue weighted by atomic mass is 31.2. The second kappa shape index (κ2) is 63.5. The van der Waals surface area contributed by atoms with Crippen LogP contribution in [0.25, 0.3) is 0 Å². The lowest BCUT2D eigenvalue weighted by molar-refractivity contribution is -0.161. The average molecular weight is 1370 g/mol. The Labute approximate surface area is 568 Å². The van der Waals surface area contributed by atoms with E-state index in [0.29, 0.717) is 31.6 Å². The van der Waals surface area contributed by atoms with E-state index in [4.69, 9.17) is 37.0 Å². The molecule has 0 spiro atoms. The molecular weight excluding hydrogens is 1220 g/mol. The van der Waals surface area contributed by atoms with Gasteiger partial charge >= 0.3 is 39.5 Å². The summed E-state index contributed by atoms with van der Waals surface area (Å²) in [6, 6.07) is 0. The number of carbonyl (C=O) groups is 4. The summed E-state index contributed by atoms with van der Waals surface area (Å²) in [5, 5.41) is 10.6. The Hall–Kier alpha value is -1.94. The number of ether oxygens (including phenoxy) is 4. The Morgan fingerprint density at radius 1 is 0.269 bits per heavy atom. The maximum atomic E-state index is 13.0. The fourth-order valence-corrected chi connectivity index (χ4v) is 12.8. The Morgan fingerprint density at radius 2 is 0.452 bits per heavy atom. The van der Waals surface area contributed by atoms with Gasteiger partial charge in [0.2, 0.25) is 0 Å². The van der Waals surface area contributed by atoms with Gasteiger partial charge in [-0.1, -0.05) is 319 Å². The Morgan fingerprint density at radius 3 is 0.667 bits per heavy atom. The summed E-state index contributed by atoms with van der Waals surface area (Å²) in [6.45, 7) is 14.1. The first kappa shape index (κ1) is 91.1. The highest BCUT2D eigenvalue weighted by Gasteiger charge is 2.30. The summed E-state index contributed by atoms with van der Waals surface area (Å²) in [5.41, 5.74) is 0. The molecule has 5 atom stereocenters. The molecule has 0 aromatic carbocycles. The molecule has 0 fully saturated rings. The van der Waals surface area contributed by atoms with Crippen molar-refractivity contribution in [1.82, 2.24) is 0 Å². The van der Waals surface area contributed by atoms with E-state index in [1.165, 1.54) is 167 Å². The highest BCUT2D eigenvalue weighted by molar-refractivity contribution is 7.47. The molecule has 19 heteroatoms. The van der Waals surface area contributed by atoms with Crippen molar-refractivity contribution in [2.75, 3.05) is 39.6 Å². The fourth-order valence-electron chi connectivity index (χ4n) is 11.2. The van der Waals surface area contributed by atoms with E-state index in [2.05, 4.69) is 55.4 Å². The number of aliphatic hydroxyl groups excluding tert-OH is 1. The van der Waals surface area contributed by atoms with Crippen molar-refractivity contribution in [3.8, 4) is 0 Å². The minimum atomic E-state index is -4.95. The van der Waals surface area contributed by atoms with E-state index in [1.54, 1.807) is 0 Å². The van der Waals surface area contributed by atoms with Gasteiger partial charge in [0.05, 0.1) is 26.4 Å². The Kier molecular flexibility index (Phi) is 62.2. The van der Waals surface area contributed by atoms with Gasteiger partial charge < -0.3 is 33.8 Å². The average Bonchev–Trinajstić information content (AvgIpc) is 2.15. The quantitative estimate of drug-likeness (QED) is 0.0222. The van der Waals surface area contributed by atoms with Crippen LogP contribution >= 0.6 is 15.6 Å². The van der Waals surface area contributed by atoms with Gasteiger partial charge in [0.15, 0.2) is 12.2 Å². The third-order valence-corrected chi connectivity index (χ3v) is 19.0. The molecule has 0 aliphatic carbocycles. The summed E-state index contributed by atoms with van der Waals surface area (Å²) >= 11 is 0. The molecule has 0 saturated carbocycles. The predicted molar refractivity (Wildman–Crippen MR) is 377 cm³/mol. The minimum absolute atomic E-state index is 0.105. The van der Waals surface area contributed by atoms with Crippen LogP contribution < -0.4 is 0 Å². The molecule has 3 unspecified atom stereocenters. The monoisotopic (exact) mass is 1370 g/mol. The zero-order chi connectivity index (χ0) is 68.9. The number of aliphatic hydroxyl groups is 1. The molecule has 0 aromatic heterocycles. The molecular formula is C74H144O17P2. The zero-order valence-corrected chi connectivity index (χ0v) is 62.7. The van der Waals surface area contributed by atoms with Crippen molar-refractivity contribution < 1.29 is 80.2 Å². The minimum Gasteiger partial charge on any atom is -0.462 e. The van der Waals surface area contributed by atoms with E-state index in [-0.39, 0.29) is 25.7 Å². The second-order valence-electron chi connectivity index (χ2n) is 28.6. The summed E-state index contributed by atoms with van der Waals surface area (Å²) < 4.78 is 68.4. The number of unbranched alkanes of at least 4 members (excludes halogenated alkanes) is 37. The highest BCUT2D eigenvalue weighted by Crippen LogP contribution is 2.45. The Balaban J connectivity index is 5.20. The number of phosphoric acid groups is 2. The predicted octanol–water partition coefficient (Wildman–Crippen LogP) is 21.3. The number of rotatable bonds is 71. The lowest BCUT2D eigenvalue weighted by Gasteiger charge is -2.21. The van der Waals surface area contributed by atoms with Gasteiger partial charge in [0.25, 0.3) is 0 Å². The fraction of sp³-hybridized carbons (Fsp3) is 0.946. The number of phosphoric ester groups is 2.